The van der Waals surface area contributed by atoms with E-state index in [1.54, 1.807) is 24.6 Å². The van der Waals surface area contributed by atoms with E-state index in [1.807, 2.05) is 11.4 Å². The van der Waals surface area contributed by atoms with Crippen LogP contribution in [0.3, 0.4) is 0 Å². The topological polar surface area (TPSA) is 66.5 Å². The molecule has 16 heavy (non-hydrogen) atoms. The first kappa shape index (κ1) is 9.29. The monoisotopic (exact) mass is 231 g/mol. The molecule has 2 N–H and O–H groups in total. The lowest BCUT2D eigenvalue weighted by molar-refractivity contribution is 1.09. The van der Waals surface area contributed by atoms with Gasteiger partial charge in [-0.15, -0.1) is 0 Å². The van der Waals surface area contributed by atoms with Crippen LogP contribution in [0, 0.1) is 0 Å². The minimum absolute atomic E-state index is 0.595. The number of thiophene rings is 1. The molecule has 3 aromatic rings. The van der Waals surface area contributed by atoms with Crippen LogP contribution in [0.4, 0.5) is 5.95 Å². The molecule has 0 aliphatic heterocycles. The van der Waals surface area contributed by atoms with Crippen LogP contribution in [0.1, 0.15) is 0 Å². The quantitative estimate of drug-likeness (QED) is 0.709. The predicted molar refractivity (Wildman–Crippen MR) is 64.5 cm³/mol. The highest BCUT2D eigenvalue weighted by Gasteiger charge is 2.10. The first-order valence-corrected chi connectivity index (χ1v) is 5.74. The van der Waals surface area contributed by atoms with Gasteiger partial charge < -0.3 is 5.32 Å². The van der Waals surface area contributed by atoms with Gasteiger partial charge in [-0.1, -0.05) is 0 Å². The first-order chi connectivity index (χ1) is 7.88. The zero-order valence-corrected chi connectivity index (χ0v) is 9.38. The number of aromatic nitrogens is 4. The summed E-state index contributed by atoms with van der Waals surface area (Å²) < 4.78 is 0. The van der Waals surface area contributed by atoms with Crippen molar-refractivity contribution in [1.82, 2.24) is 20.2 Å². The fourth-order valence-electron chi connectivity index (χ4n) is 1.57. The van der Waals surface area contributed by atoms with Crippen LogP contribution >= 0.6 is 11.3 Å². The number of anilines is 1. The SMILES string of the molecule is CNc1nc(-c2ccsc2)c2cn[nH]c2n1. The minimum atomic E-state index is 0.595. The second-order valence-electron chi connectivity index (χ2n) is 3.29. The molecule has 5 nitrogen and oxygen atoms in total. The van der Waals surface area contributed by atoms with Crippen LogP contribution in [0.25, 0.3) is 22.3 Å². The normalized spacial score (nSPS) is 10.8. The van der Waals surface area contributed by atoms with Crippen molar-refractivity contribution in [3.8, 4) is 11.3 Å². The molecule has 0 spiro atoms. The van der Waals surface area contributed by atoms with Crippen LogP contribution in [-0.4, -0.2) is 27.2 Å². The van der Waals surface area contributed by atoms with Crippen LogP contribution in [0.5, 0.6) is 0 Å². The summed E-state index contributed by atoms with van der Waals surface area (Å²) in [5.41, 5.74) is 2.75. The van der Waals surface area contributed by atoms with Crippen LogP contribution < -0.4 is 5.32 Å². The van der Waals surface area contributed by atoms with Crippen LogP contribution in [-0.2, 0) is 0 Å². The molecule has 3 aromatic heterocycles. The number of hydrogen-bond acceptors (Lipinski definition) is 5. The van der Waals surface area contributed by atoms with Gasteiger partial charge >= 0.3 is 0 Å². The fourth-order valence-corrected chi connectivity index (χ4v) is 2.21. The van der Waals surface area contributed by atoms with E-state index < -0.39 is 0 Å². The van der Waals surface area contributed by atoms with Gasteiger partial charge in [0.25, 0.3) is 0 Å². The van der Waals surface area contributed by atoms with Gasteiger partial charge in [-0.25, -0.2) is 4.98 Å². The Balaban J connectivity index is 2.33. The molecule has 80 valence electrons. The summed E-state index contributed by atoms with van der Waals surface area (Å²) in [6.07, 6.45) is 1.75. The Morgan fingerprint density at radius 3 is 3.06 bits per heavy atom. The van der Waals surface area contributed by atoms with Crippen molar-refractivity contribution in [2.24, 2.45) is 0 Å². The molecule has 0 saturated carbocycles. The van der Waals surface area contributed by atoms with Crippen molar-refractivity contribution in [1.29, 1.82) is 0 Å². The van der Waals surface area contributed by atoms with Crippen molar-refractivity contribution in [2.75, 3.05) is 12.4 Å². The molecule has 0 aliphatic rings. The van der Waals surface area contributed by atoms with Gasteiger partial charge in [0.15, 0.2) is 5.65 Å². The van der Waals surface area contributed by atoms with E-state index in [1.165, 1.54) is 0 Å². The Kier molecular flexibility index (Phi) is 2.07. The van der Waals surface area contributed by atoms with Gasteiger partial charge in [-0.2, -0.15) is 21.4 Å². The maximum Gasteiger partial charge on any atom is 0.225 e. The molecular formula is C10H9N5S. The van der Waals surface area contributed by atoms with E-state index in [-0.39, 0.29) is 0 Å². The molecule has 0 saturated heterocycles. The number of rotatable bonds is 2. The summed E-state index contributed by atoms with van der Waals surface area (Å²) in [5.74, 6) is 0.595. The average Bonchev–Trinajstić information content (AvgIpc) is 2.98. The third-order valence-electron chi connectivity index (χ3n) is 2.33. The molecule has 3 rings (SSSR count). The van der Waals surface area contributed by atoms with Crippen molar-refractivity contribution < 1.29 is 0 Å². The summed E-state index contributed by atoms with van der Waals surface area (Å²) in [7, 11) is 1.80. The molecule has 3 heterocycles. The van der Waals surface area contributed by atoms with Gasteiger partial charge in [-0.3, -0.25) is 5.10 Å². The Hall–Kier alpha value is -1.95. The third-order valence-corrected chi connectivity index (χ3v) is 3.01. The molecule has 0 aromatic carbocycles. The second kappa shape index (κ2) is 3.57. The average molecular weight is 231 g/mol. The smallest absolute Gasteiger partial charge is 0.225 e. The van der Waals surface area contributed by atoms with Gasteiger partial charge in [-0.05, 0) is 11.4 Å². The first-order valence-electron chi connectivity index (χ1n) is 4.80. The molecule has 0 radical (unpaired) electrons. The van der Waals surface area contributed by atoms with Crippen molar-refractivity contribution in [2.45, 2.75) is 0 Å². The summed E-state index contributed by atoms with van der Waals surface area (Å²) in [6.45, 7) is 0. The van der Waals surface area contributed by atoms with Crippen LogP contribution in [0.15, 0.2) is 23.0 Å². The van der Waals surface area contributed by atoms with E-state index in [4.69, 9.17) is 0 Å². The molecule has 0 atom stereocenters. The summed E-state index contributed by atoms with van der Waals surface area (Å²) in [5, 5.41) is 14.8. The summed E-state index contributed by atoms with van der Waals surface area (Å²) in [4.78, 5) is 8.75. The zero-order chi connectivity index (χ0) is 11.0. The van der Waals surface area contributed by atoms with Crippen molar-refractivity contribution in [3.05, 3.63) is 23.0 Å². The summed E-state index contributed by atoms with van der Waals surface area (Å²) >= 11 is 1.65. The van der Waals surface area contributed by atoms with E-state index in [0.29, 0.717) is 5.95 Å². The molecule has 0 aliphatic carbocycles. The Morgan fingerprint density at radius 2 is 2.31 bits per heavy atom. The van der Waals surface area contributed by atoms with Crippen molar-refractivity contribution >= 4 is 28.3 Å². The molecular weight excluding hydrogens is 222 g/mol. The number of fused-ring (bicyclic) bond motifs is 1. The highest BCUT2D eigenvalue weighted by molar-refractivity contribution is 7.08. The van der Waals surface area contributed by atoms with Gasteiger partial charge in [0, 0.05) is 18.0 Å². The van der Waals surface area contributed by atoms with Crippen LogP contribution in [0.2, 0.25) is 0 Å². The molecule has 6 heteroatoms. The Labute approximate surface area is 95.6 Å². The molecule has 0 amide bonds. The lowest BCUT2D eigenvalue weighted by Gasteiger charge is -2.02. The predicted octanol–water partition coefficient (Wildman–Crippen LogP) is 2.12. The standard InChI is InChI=1S/C10H9N5S/c1-11-10-13-8(6-2-3-16-5-6)7-4-12-15-9(7)14-10/h2-5H,1H3,(H2,11,12,13,14,15). The maximum absolute atomic E-state index is 4.46. The van der Waals surface area contributed by atoms with Crippen molar-refractivity contribution in [3.63, 3.8) is 0 Å². The summed E-state index contributed by atoms with van der Waals surface area (Å²) in [6, 6.07) is 2.04. The maximum atomic E-state index is 4.46. The van der Waals surface area contributed by atoms with Gasteiger partial charge in [0.05, 0.1) is 17.3 Å². The second-order valence-corrected chi connectivity index (χ2v) is 4.07. The highest BCUT2D eigenvalue weighted by atomic mass is 32.1. The van der Waals surface area contributed by atoms with Gasteiger partial charge in [0.2, 0.25) is 5.95 Å². The molecule has 0 bridgehead atoms. The number of hydrogen-bond donors (Lipinski definition) is 2. The minimum Gasteiger partial charge on any atom is -0.357 e. The Bertz CT molecular complexity index is 613. The van der Waals surface area contributed by atoms with E-state index in [9.17, 15) is 0 Å². The van der Waals surface area contributed by atoms with E-state index in [0.717, 1.165) is 22.3 Å². The number of H-pyrrole nitrogens is 1. The highest BCUT2D eigenvalue weighted by Crippen LogP contribution is 2.27. The fraction of sp³-hybridized carbons (Fsp3) is 0.100. The zero-order valence-electron chi connectivity index (χ0n) is 8.56. The van der Waals surface area contributed by atoms with E-state index >= 15 is 0 Å². The lowest BCUT2D eigenvalue weighted by Crippen LogP contribution is -1.98. The third kappa shape index (κ3) is 1.35. The lowest BCUT2D eigenvalue weighted by atomic mass is 10.2. The molecule has 0 fully saturated rings. The number of nitrogens with zero attached hydrogens (tertiary/aromatic N) is 3. The van der Waals surface area contributed by atoms with Gasteiger partial charge in [0.1, 0.15) is 0 Å². The number of nitrogens with one attached hydrogen (secondary N) is 2. The molecule has 0 unspecified atom stereocenters. The number of aromatic amines is 1. The Morgan fingerprint density at radius 1 is 1.38 bits per heavy atom. The van der Waals surface area contributed by atoms with E-state index in [2.05, 4.69) is 30.9 Å². The largest absolute Gasteiger partial charge is 0.357 e.